The van der Waals surface area contributed by atoms with Crippen molar-refractivity contribution < 1.29 is 39.8 Å². The standard InChI is InChI=1S/C9H9ClF8.FH/c1-4(2-11)8(15,16)7(14)9(17,18)6(13)5(10)3-12;/h3-4,6-7H,2H2,1H3;1H. The SMILES string of the molecule is CC(CF)C(F)(F)C(F)C(F)(F)C(F)C(Cl)=CF.F. The summed E-state index contributed by atoms with van der Waals surface area (Å²) in [5.41, 5.74) is 0. The molecule has 0 spiro atoms. The highest BCUT2D eigenvalue weighted by atomic mass is 35.5. The van der Waals surface area contributed by atoms with E-state index in [1.807, 2.05) is 0 Å². The molecular formula is C9H10ClF9. The summed E-state index contributed by atoms with van der Waals surface area (Å²) >= 11 is 4.65. The summed E-state index contributed by atoms with van der Waals surface area (Å²) in [5, 5.41) is -1.76. The first-order valence-corrected chi connectivity index (χ1v) is 4.96. The van der Waals surface area contributed by atoms with Crippen LogP contribution in [0.5, 0.6) is 0 Å². The number of alkyl halides is 7. The van der Waals surface area contributed by atoms with Crippen molar-refractivity contribution in [1.29, 1.82) is 0 Å². The lowest BCUT2D eigenvalue weighted by molar-refractivity contribution is -0.218. The first kappa shape index (κ1) is 20.7. The van der Waals surface area contributed by atoms with E-state index in [9.17, 15) is 35.1 Å². The third-order valence-electron chi connectivity index (χ3n) is 2.25. The molecule has 0 radical (unpaired) electrons. The van der Waals surface area contributed by atoms with Crippen molar-refractivity contribution in [2.45, 2.75) is 31.1 Å². The van der Waals surface area contributed by atoms with Crippen LogP contribution >= 0.6 is 11.6 Å². The molecule has 0 saturated heterocycles. The van der Waals surface area contributed by atoms with Crippen LogP contribution in [0.4, 0.5) is 39.8 Å². The van der Waals surface area contributed by atoms with Gasteiger partial charge in [0.2, 0.25) is 12.3 Å². The molecule has 116 valence electrons. The van der Waals surface area contributed by atoms with Crippen LogP contribution in [-0.4, -0.2) is 30.9 Å². The van der Waals surface area contributed by atoms with E-state index in [1.54, 1.807) is 0 Å². The minimum atomic E-state index is -5.29. The Kier molecular flexibility index (Phi) is 7.91. The molecule has 0 nitrogen and oxygen atoms in total. The van der Waals surface area contributed by atoms with Gasteiger partial charge in [0, 0.05) is 0 Å². The summed E-state index contributed by atoms with van der Waals surface area (Å²) in [6.07, 6.45) is -8.92. The number of halogens is 10. The van der Waals surface area contributed by atoms with Crippen LogP contribution in [0.3, 0.4) is 0 Å². The van der Waals surface area contributed by atoms with Gasteiger partial charge in [0.25, 0.3) is 5.92 Å². The van der Waals surface area contributed by atoms with Crippen molar-refractivity contribution in [3.8, 4) is 0 Å². The molecule has 0 rings (SSSR count). The maximum absolute atomic E-state index is 13.0. The van der Waals surface area contributed by atoms with E-state index in [2.05, 4.69) is 11.6 Å². The fourth-order valence-corrected chi connectivity index (χ4v) is 1.12. The highest BCUT2D eigenvalue weighted by Gasteiger charge is 2.62. The molecule has 0 heterocycles. The van der Waals surface area contributed by atoms with E-state index in [4.69, 9.17) is 0 Å². The van der Waals surface area contributed by atoms with Crippen molar-refractivity contribution in [1.82, 2.24) is 0 Å². The monoisotopic (exact) mass is 324 g/mol. The Hall–Kier alpha value is -0.600. The number of hydrogen-bond donors (Lipinski definition) is 0. The summed E-state index contributed by atoms with van der Waals surface area (Å²) < 4.78 is 102. The average Bonchev–Trinajstić information content (AvgIpc) is 2.34. The van der Waals surface area contributed by atoms with E-state index in [1.165, 1.54) is 0 Å². The van der Waals surface area contributed by atoms with Crippen molar-refractivity contribution in [2.75, 3.05) is 6.67 Å². The second-order valence-corrected chi connectivity index (χ2v) is 4.06. The summed E-state index contributed by atoms with van der Waals surface area (Å²) in [5.74, 6) is -12.5. The van der Waals surface area contributed by atoms with Gasteiger partial charge in [-0.3, -0.25) is 9.09 Å². The zero-order chi connectivity index (χ0) is 14.7. The minimum Gasteiger partial charge on any atom is -0.269 e. The summed E-state index contributed by atoms with van der Waals surface area (Å²) in [4.78, 5) is 0. The molecule has 0 aliphatic rings. The van der Waals surface area contributed by atoms with Gasteiger partial charge in [0.05, 0.1) is 17.6 Å². The molecule has 3 atom stereocenters. The Labute approximate surface area is 107 Å². The van der Waals surface area contributed by atoms with Gasteiger partial charge in [0.1, 0.15) is 6.33 Å². The Bertz CT molecular complexity index is 304. The molecule has 3 unspecified atom stereocenters. The van der Waals surface area contributed by atoms with Crippen LogP contribution in [0.15, 0.2) is 11.4 Å². The minimum absolute atomic E-state index is 0. The molecule has 0 aliphatic heterocycles. The van der Waals surface area contributed by atoms with Crippen LogP contribution in [-0.2, 0) is 0 Å². The molecule has 0 bridgehead atoms. The quantitative estimate of drug-likeness (QED) is 0.619. The molecular weight excluding hydrogens is 315 g/mol. The third-order valence-corrected chi connectivity index (χ3v) is 2.52. The highest BCUT2D eigenvalue weighted by Crippen LogP contribution is 2.43. The average molecular weight is 325 g/mol. The summed E-state index contributed by atoms with van der Waals surface area (Å²) in [6, 6.07) is 0. The van der Waals surface area contributed by atoms with Gasteiger partial charge in [0.15, 0.2) is 0 Å². The summed E-state index contributed by atoms with van der Waals surface area (Å²) in [7, 11) is 0. The molecule has 0 aliphatic carbocycles. The molecule has 0 fully saturated rings. The van der Waals surface area contributed by atoms with Gasteiger partial charge in [-0.15, -0.1) is 0 Å². The second-order valence-electron chi connectivity index (χ2n) is 3.62. The van der Waals surface area contributed by atoms with Gasteiger partial charge >= 0.3 is 5.92 Å². The second kappa shape index (κ2) is 7.25. The van der Waals surface area contributed by atoms with Crippen LogP contribution in [0, 0.1) is 5.92 Å². The van der Waals surface area contributed by atoms with Crippen LogP contribution in [0.2, 0.25) is 0 Å². The maximum Gasteiger partial charge on any atom is 0.320 e. The molecule has 0 N–H and O–H groups in total. The van der Waals surface area contributed by atoms with Crippen molar-refractivity contribution in [3.63, 3.8) is 0 Å². The highest BCUT2D eigenvalue weighted by molar-refractivity contribution is 6.30. The predicted molar refractivity (Wildman–Crippen MR) is 52.4 cm³/mol. The normalized spacial score (nSPS) is 18.5. The predicted octanol–water partition coefficient (Wildman–Crippen LogP) is 4.74. The van der Waals surface area contributed by atoms with Gasteiger partial charge in [-0.25, -0.2) is 22.0 Å². The summed E-state index contributed by atoms with van der Waals surface area (Å²) in [6.45, 7) is -1.31. The Morgan fingerprint density at radius 1 is 1.16 bits per heavy atom. The van der Waals surface area contributed by atoms with Crippen LogP contribution in [0.25, 0.3) is 0 Å². The van der Waals surface area contributed by atoms with Gasteiger partial charge in [-0.05, 0) is 0 Å². The molecule has 0 aromatic heterocycles. The van der Waals surface area contributed by atoms with E-state index in [-0.39, 0.29) is 4.70 Å². The van der Waals surface area contributed by atoms with E-state index < -0.39 is 48.1 Å². The largest absolute Gasteiger partial charge is 0.320 e. The number of hydrogen-bond acceptors (Lipinski definition) is 0. The lowest BCUT2D eigenvalue weighted by atomic mass is 9.94. The van der Waals surface area contributed by atoms with Gasteiger partial charge in [-0.2, -0.15) is 8.78 Å². The smallest absolute Gasteiger partial charge is 0.269 e. The van der Waals surface area contributed by atoms with Gasteiger partial charge in [-0.1, -0.05) is 18.5 Å². The maximum atomic E-state index is 13.0. The molecule has 10 heteroatoms. The van der Waals surface area contributed by atoms with Crippen molar-refractivity contribution >= 4 is 11.6 Å². The Balaban J connectivity index is 0. The van der Waals surface area contributed by atoms with Crippen molar-refractivity contribution in [2.24, 2.45) is 5.92 Å². The fraction of sp³-hybridized carbons (Fsp3) is 0.778. The molecule has 0 saturated carbocycles. The molecule has 0 aromatic carbocycles. The zero-order valence-corrected chi connectivity index (χ0v) is 10.1. The van der Waals surface area contributed by atoms with Crippen LogP contribution in [0.1, 0.15) is 6.92 Å². The fourth-order valence-electron chi connectivity index (χ4n) is 0.977. The molecule has 19 heavy (non-hydrogen) atoms. The van der Waals surface area contributed by atoms with Crippen LogP contribution < -0.4 is 0 Å². The zero-order valence-electron chi connectivity index (χ0n) is 9.33. The van der Waals surface area contributed by atoms with E-state index >= 15 is 0 Å². The number of allylic oxidation sites excluding steroid dienone is 1. The Morgan fingerprint density at radius 3 is 1.89 bits per heavy atom. The van der Waals surface area contributed by atoms with E-state index in [0.717, 1.165) is 0 Å². The topological polar surface area (TPSA) is 0 Å². The van der Waals surface area contributed by atoms with Gasteiger partial charge < -0.3 is 0 Å². The molecule has 0 amide bonds. The third kappa shape index (κ3) is 4.19. The lowest BCUT2D eigenvalue weighted by Crippen LogP contribution is -2.52. The lowest BCUT2D eigenvalue weighted by Gasteiger charge is -2.31. The Morgan fingerprint density at radius 2 is 1.58 bits per heavy atom. The number of rotatable bonds is 6. The van der Waals surface area contributed by atoms with E-state index in [0.29, 0.717) is 6.92 Å². The molecule has 0 aromatic rings. The first-order valence-electron chi connectivity index (χ1n) is 4.58. The van der Waals surface area contributed by atoms with Crippen molar-refractivity contribution in [3.05, 3.63) is 11.4 Å². The first-order chi connectivity index (χ1) is 8.03.